The van der Waals surface area contributed by atoms with Crippen molar-refractivity contribution in [2.24, 2.45) is 10.8 Å². The first-order valence-corrected chi connectivity index (χ1v) is 7.38. The third-order valence-corrected chi connectivity index (χ3v) is 4.79. The first kappa shape index (κ1) is 17.6. The van der Waals surface area contributed by atoms with Crippen molar-refractivity contribution in [3.05, 3.63) is 0 Å². The van der Waals surface area contributed by atoms with Gasteiger partial charge < -0.3 is 9.69 Å². The molecular weight excluding hydrogens is 222 g/mol. The third kappa shape index (κ3) is 5.51. The highest BCUT2D eigenvalue weighted by Crippen LogP contribution is 2.41. The summed E-state index contributed by atoms with van der Waals surface area (Å²) < 4.78 is 0. The van der Waals surface area contributed by atoms with Crippen LogP contribution < -0.4 is 0 Å². The van der Waals surface area contributed by atoms with Crippen molar-refractivity contribution < 1.29 is 4.79 Å². The van der Waals surface area contributed by atoms with E-state index in [4.69, 9.17) is 0 Å². The summed E-state index contributed by atoms with van der Waals surface area (Å²) in [6, 6.07) is 0. The maximum Gasteiger partial charge on any atom is 0.129 e. The Morgan fingerprint density at radius 3 is 2.00 bits per heavy atom. The van der Waals surface area contributed by atoms with Crippen molar-refractivity contribution >= 4 is 5.78 Å². The second-order valence-corrected chi connectivity index (χ2v) is 6.80. The first-order chi connectivity index (χ1) is 8.16. The average Bonchev–Trinajstić information content (AvgIpc) is 2.26. The molecule has 2 nitrogen and oxygen atoms in total. The number of ketones is 1. The predicted octanol–water partition coefficient (Wildman–Crippen LogP) is 4.14. The molecule has 0 heterocycles. The van der Waals surface area contributed by atoms with Gasteiger partial charge in [0.2, 0.25) is 0 Å². The standard InChI is InChI=1S/C16H33NO/c1-8-15(4,5)16(6,7)13-17(9-2)12-10-11-14(3)18/h8-13H2,1-7H3. The van der Waals surface area contributed by atoms with Crippen molar-refractivity contribution in [1.82, 2.24) is 4.90 Å². The van der Waals surface area contributed by atoms with E-state index in [-0.39, 0.29) is 0 Å². The molecule has 0 bridgehead atoms. The van der Waals surface area contributed by atoms with Gasteiger partial charge in [-0.2, -0.15) is 0 Å². The fraction of sp³-hybridized carbons (Fsp3) is 0.938. The molecule has 18 heavy (non-hydrogen) atoms. The smallest absolute Gasteiger partial charge is 0.129 e. The molecule has 0 amide bonds. The summed E-state index contributed by atoms with van der Waals surface area (Å²) in [6.45, 7) is 18.8. The molecule has 0 atom stereocenters. The minimum atomic E-state index is 0.300. The Labute approximate surface area is 114 Å². The molecule has 0 radical (unpaired) electrons. The maximum absolute atomic E-state index is 11.0. The van der Waals surface area contributed by atoms with E-state index in [2.05, 4.69) is 46.4 Å². The molecule has 0 aromatic heterocycles. The van der Waals surface area contributed by atoms with Gasteiger partial charge in [-0.05, 0) is 37.3 Å². The fourth-order valence-electron chi connectivity index (χ4n) is 2.15. The lowest BCUT2D eigenvalue weighted by atomic mass is 9.66. The summed E-state index contributed by atoms with van der Waals surface area (Å²) in [5, 5.41) is 0. The predicted molar refractivity (Wildman–Crippen MR) is 79.9 cm³/mol. The van der Waals surface area contributed by atoms with Gasteiger partial charge >= 0.3 is 0 Å². The van der Waals surface area contributed by atoms with Gasteiger partial charge in [0, 0.05) is 13.0 Å². The maximum atomic E-state index is 11.0. The molecule has 0 rings (SSSR count). The van der Waals surface area contributed by atoms with Crippen LogP contribution in [0.2, 0.25) is 0 Å². The SMILES string of the molecule is CCN(CCCC(C)=O)CC(C)(C)C(C)(C)CC. The quantitative estimate of drug-likeness (QED) is 0.617. The number of carbonyl (C=O) groups is 1. The largest absolute Gasteiger partial charge is 0.303 e. The number of carbonyl (C=O) groups excluding carboxylic acids is 1. The third-order valence-electron chi connectivity index (χ3n) is 4.79. The van der Waals surface area contributed by atoms with E-state index in [1.54, 1.807) is 6.92 Å². The Bertz CT molecular complexity index is 256. The van der Waals surface area contributed by atoms with E-state index in [9.17, 15) is 4.79 Å². The van der Waals surface area contributed by atoms with Crippen LogP contribution in [0.1, 0.15) is 67.7 Å². The highest BCUT2D eigenvalue weighted by Gasteiger charge is 2.36. The van der Waals surface area contributed by atoms with Gasteiger partial charge in [-0.1, -0.05) is 48.0 Å². The molecule has 2 heteroatoms. The van der Waals surface area contributed by atoms with Crippen LogP contribution in [-0.4, -0.2) is 30.3 Å². The van der Waals surface area contributed by atoms with Crippen LogP contribution in [0.3, 0.4) is 0 Å². The second-order valence-electron chi connectivity index (χ2n) is 6.80. The Kier molecular flexibility index (Phi) is 7.13. The number of nitrogens with zero attached hydrogens (tertiary/aromatic N) is 1. The number of hydrogen-bond acceptors (Lipinski definition) is 2. The van der Waals surface area contributed by atoms with Crippen LogP contribution >= 0.6 is 0 Å². The minimum Gasteiger partial charge on any atom is -0.303 e. The van der Waals surface area contributed by atoms with Crippen molar-refractivity contribution in [2.75, 3.05) is 19.6 Å². The van der Waals surface area contributed by atoms with E-state index in [0.717, 1.165) is 26.1 Å². The zero-order valence-electron chi connectivity index (χ0n) is 13.6. The highest BCUT2D eigenvalue weighted by atomic mass is 16.1. The van der Waals surface area contributed by atoms with Crippen LogP contribution in [-0.2, 0) is 4.79 Å². The molecule has 0 spiro atoms. The van der Waals surface area contributed by atoms with E-state index in [1.807, 2.05) is 0 Å². The molecule has 0 aromatic carbocycles. The van der Waals surface area contributed by atoms with Crippen LogP contribution in [0, 0.1) is 10.8 Å². The Balaban J connectivity index is 4.38. The second kappa shape index (κ2) is 7.28. The van der Waals surface area contributed by atoms with E-state index in [0.29, 0.717) is 23.0 Å². The zero-order chi connectivity index (χ0) is 14.4. The van der Waals surface area contributed by atoms with Gasteiger partial charge in [-0.15, -0.1) is 0 Å². The van der Waals surface area contributed by atoms with E-state index in [1.165, 1.54) is 6.42 Å². The van der Waals surface area contributed by atoms with Crippen LogP contribution in [0.25, 0.3) is 0 Å². The fourth-order valence-corrected chi connectivity index (χ4v) is 2.15. The van der Waals surface area contributed by atoms with Crippen LogP contribution in [0.15, 0.2) is 0 Å². The minimum absolute atomic E-state index is 0.300. The molecule has 0 saturated carbocycles. The molecule has 0 saturated heterocycles. The summed E-state index contributed by atoms with van der Waals surface area (Å²) in [7, 11) is 0. The number of rotatable bonds is 9. The number of hydrogen-bond donors (Lipinski definition) is 0. The van der Waals surface area contributed by atoms with Crippen molar-refractivity contribution in [3.8, 4) is 0 Å². The number of Topliss-reactive ketones (excluding diaryl/α,β-unsaturated/α-hetero) is 1. The van der Waals surface area contributed by atoms with Crippen molar-refractivity contribution in [1.29, 1.82) is 0 Å². The molecule has 0 unspecified atom stereocenters. The normalized spacial score (nSPS) is 13.1. The summed E-state index contributed by atoms with van der Waals surface area (Å²) in [4.78, 5) is 13.5. The lowest BCUT2D eigenvalue weighted by molar-refractivity contribution is -0.117. The van der Waals surface area contributed by atoms with E-state index >= 15 is 0 Å². The average molecular weight is 255 g/mol. The topological polar surface area (TPSA) is 20.3 Å². The van der Waals surface area contributed by atoms with Crippen molar-refractivity contribution in [2.45, 2.75) is 67.7 Å². The molecule has 0 aliphatic heterocycles. The highest BCUT2D eigenvalue weighted by molar-refractivity contribution is 5.75. The lowest BCUT2D eigenvalue weighted by Gasteiger charge is -2.44. The zero-order valence-corrected chi connectivity index (χ0v) is 13.6. The molecular formula is C16H33NO. The van der Waals surface area contributed by atoms with Gasteiger partial charge in [-0.25, -0.2) is 0 Å². The molecule has 0 aromatic rings. The Hall–Kier alpha value is -0.370. The van der Waals surface area contributed by atoms with Crippen LogP contribution in [0.5, 0.6) is 0 Å². The van der Waals surface area contributed by atoms with Gasteiger partial charge in [0.15, 0.2) is 0 Å². The van der Waals surface area contributed by atoms with E-state index < -0.39 is 0 Å². The summed E-state index contributed by atoms with van der Waals surface area (Å²) >= 11 is 0. The molecule has 0 aliphatic rings. The first-order valence-electron chi connectivity index (χ1n) is 7.38. The molecule has 108 valence electrons. The lowest BCUT2D eigenvalue weighted by Crippen LogP contribution is -2.43. The monoisotopic (exact) mass is 255 g/mol. The summed E-state index contributed by atoms with van der Waals surface area (Å²) in [5.41, 5.74) is 0.648. The Morgan fingerprint density at radius 2 is 1.61 bits per heavy atom. The summed E-state index contributed by atoms with van der Waals surface area (Å²) in [6.07, 6.45) is 2.91. The molecule has 0 aliphatic carbocycles. The van der Waals surface area contributed by atoms with Gasteiger partial charge in [-0.3, -0.25) is 0 Å². The van der Waals surface area contributed by atoms with Gasteiger partial charge in [0.05, 0.1) is 0 Å². The molecule has 0 fully saturated rings. The Morgan fingerprint density at radius 1 is 1.06 bits per heavy atom. The van der Waals surface area contributed by atoms with Gasteiger partial charge in [0.25, 0.3) is 0 Å². The van der Waals surface area contributed by atoms with Crippen molar-refractivity contribution in [3.63, 3.8) is 0 Å². The van der Waals surface area contributed by atoms with Crippen LogP contribution in [0.4, 0.5) is 0 Å². The summed E-state index contributed by atoms with van der Waals surface area (Å²) in [5.74, 6) is 0.305. The molecule has 0 N–H and O–H groups in total. The van der Waals surface area contributed by atoms with Gasteiger partial charge in [0.1, 0.15) is 5.78 Å².